The Morgan fingerprint density at radius 2 is 1.87 bits per heavy atom. The number of hydrogen-bond acceptors (Lipinski definition) is 8. The number of aromatic nitrogens is 5. The molecule has 6 rings (SSSR count). The highest BCUT2D eigenvalue weighted by molar-refractivity contribution is 5.93. The molecule has 9 nitrogen and oxygen atoms in total. The van der Waals surface area contributed by atoms with Crippen molar-refractivity contribution in [3.63, 3.8) is 0 Å². The minimum atomic E-state index is 0.624. The van der Waals surface area contributed by atoms with E-state index in [1.54, 1.807) is 17.2 Å². The van der Waals surface area contributed by atoms with Gasteiger partial charge < -0.3 is 10.2 Å². The Balaban J connectivity index is 1.18. The van der Waals surface area contributed by atoms with Crippen LogP contribution in [0.25, 0.3) is 16.6 Å². The highest BCUT2D eigenvalue weighted by Gasteiger charge is 2.18. The van der Waals surface area contributed by atoms with Crippen LogP contribution in [0.2, 0.25) is 0 Å². The van der Waals surface area contributed by atoms with Gasteiger partial charge in [0, 0.05) is 55.7 Å². The largest absolute Gasteiger partial charge is 0.369 e. The Hall–Kier alpha value is -4.63. The minimum Gasteiger partial charge on any atom is -0.369 e. The zero-order valence-corrected chi connectivity index (χ0v) is 21.9. The zero-order valence-electron chi connectivity index (χ0n) is 21.9. The van der Waals surface area contributed by atoms with Crippen LogP contribution in [-0.4, -0.2) is 68.5 Å². The molecular weight excluding hydrogens is 488 g/mol. The molecule has 39 heavy (non-hydrogen) atoms. The van der Waals surface area contributed by atoms with Crippen LogP contribution >= 0.6 is 0 Å². The molecule has 1 N–H and O–H groups in total. The number of piperazine rings is 1. The molecule has 0 unspecified atom stereocenters. The number of rotatable bonds is 8. The lowest BCUT2D eigenvalue weighted by molar-refractivity contribution is -0.105. The number of aldehydes is 1. The van der Waals surface area contributed by atoms with Gasteiger partial charge in [0.15, 0.2) is 5.65 Å². The second-order valence-electron chi connectivity index (χ2n) is 10.0. The molecule has 9 heteroatoms. The summed E-state index contributed by atoms with van der Waals surface area (Å²) in [6, 6.07) is 16.9. The predicted octanol–water partition coefficient (Wildman–Crippen LogP) is 4.19. The van der Waals surface area contributed by atoms with Crippen molar-refractivity contribution < 1.29 is 4.79 Å². The lowest BCUT2D eigenvalue weighted by Gasteiger charge is -2.36. The van der Waals surface area contributed by atoms with Crippen molar-refractivity contribution in [2.24, 2.45) is 0 Å². The maximum absolute atomic E-state index is 10.9. The van der Waals surface area contributed by atoms with E-state index >= 15 is 0 Å². The van der Waals surface area contributed by atoms with Crippen LogP contribution in [0.4, 0.5) is 17.2 Å². The first-order chi connectivity index (χ1) is 19.1. The smallest absolute Gasteiger partial charge is 0.155 e. The van der Waals surface area contributed by atoms with Crippen LogP contribution in [0.3, 0.4) is 0 Å². The van der Waals surface area contributed by atoms with Crippen molar-refractivity contribution in [1.82, 2.24) is 29.5 Å². The lowest BCUT2D eigenvalue weighted by atomic mass is 10.0. The van der Waals surface area contributed by atoms with Gasteiger partial charge in [-0.25, -0.2) is 19.5 Å². The van der Waals surface area contributed by atoms with Gasteiger partial charge in [-0.15, -0.1) is 0 Å². The summed E-state index contributed by atoms with van der Waals surface area (Å²) in [6.07, 6.45) is 6.79. The molecule has 0 atom stereocenters. The Labute approximate surface area is 226 Å². The molecule has 1 fully saturated rings. The van der Waals surface area contributed by atoms with Crippen LogP contribution < -0.4 is 10.2 Å². The number of pyridine rings is 1. The van der Waals surface area contributed by atoms with Gasteiger partial charge in [-0.3, -0.25) is 9.69 Å². The van der Waals surface area contributed by atoms with Gasteiger partial charge in [-0.2, -0.15) is 5.10 Å². The fourth-order valence-corrected chi connectivity index (χ4v) is 5.13. The summed E-state index contributed by atoms with van der Waals surface area (Å²) >= 11 is 0. The normalized spacial score (nSPS) is 14.1. The summed E-state index contributed by atoms with van der Waals surface area (Å²) in [4.78, 5) is 28.9. The third-order valence-electron chi connectivity index (χ3n) is 7.29. The van der Waals surface area contributed by atoms with Crippen molar-refractivity contribution in [3.05, 3.63) is 96.2 Å². The molecular formula is C30H30N8O. The number of carbonyl (C=O) groups is 1. The fourth-order valence-electron chi connectivity index (χ4n) is 5.13. The van der Waals surface area contributed by atoms with E-state index in [1.165, 1.54) is 16.7 Å². The van der Waals surface area contributed by atoms with Crippen molar-refractivity contribution >= 4 is 40.0 Å². The molecule has 0 radical (unpaired) electrons. The number of benzene rings is 2. The first-order valence-corrected chi connectivity index (χ1v) is 13.1. The number of nitrogens with one attached hydrogen (secondary N) is 1. The van der Waals surface area contributed by atoms with E-state index in [2.05, 4.69) is 97.2 Å². The highest BCUT2D eigenvalue weighted by atomic mass is 16.1. The average Bonchev–Trinajstić information content (AvgIpc) is 3.43. The minimum absolute atomic E-state index is 0.624. The maximum Gasteiger partial charge on any atom is 0.155 e. The molecule has 1 aliphatic rings. The Morgan fingerprint density at radius 1 is 1.00 bits per heavy atom. The summed E-state index contributed by atoms with van der Waals surface area (Å²) in [5, 5.41) is 8.68. The van der Waals surface area contributed by atoms with E-state index < -0.39 is 0 Å². The molecule has 196 valence electrons. The number of carbonyl (C=O) groups excluding carboxylic acids is 1. The quantitative estimate of drug-likeness (QED) is 0.242. The zero-order chi connectivity index (χ0) is 26.8. The molecule has 0 amide bonds. The van der Waals surface area contributed by atoms with Crippen molar-refractivity contribution in [2.45, 2.75) is 13.3 Å². The standard InChI is InChI=1S/C30H30N8O/c1-21(18-39)17-36-9-11-37(12-10-36)26-5-6-28-27(16-26)30(33-19-31-28)35-25-4-3-24(22(2)13-25)14-23-7-8-38-29(15-23)32-20-34-38/h3-8,13,15-16,18-20H,1,9-12,14,17H2,2H3,(H,31,33,35). The van der Waals surface area contributed by atoms with Crippen LogP contribution in [0.15, 0.2) is 79.5 Å². The van der Waals surface area contributed by atoms with E-state index in [-0.39, 0.29) is 0 Å². The summed E-state index contributed by atoms with van der Waals surface area (Å²) in [5.41, 5.74) is 8.16. The van der Waals surface area contributed by atoms with E-state index in [0.29, 0.717) is 12.1 Å². The third-order valence-corrected chi connectivity index (χ3v) is 7.29. The molecule has 1 saturated heterocycles. The van der Waals surface area contributed by atoms with E-state index in [1.807, 2.05) is 6.20 Å². The molecule has 0 saturated carbocycles. The van der Waals surface area contributed by atoms with Crippen LogP contribution in [0.1, 0.15) is 16.7 Å². The highest BCUT2D eigenvalue weighted by Crippen LogP contribution is 2.29. The summed E-state index contributed by atoms with van der Waals surface area (Å²) in [7, 11) is 0. The van der Waals surface area contributed by atoms with Crippen LogP contribution in [-0.2, 0) is 11.2 Å². The first kappa shape index (κ1) is 24.7. The van der Waals surface area contributed by atoms with Gasteiger partial charge in [0.1, 0.15) is 24.8 Å². The molecule has 3 aromatic heterocycles. The number of nitrogens with zero attached hydrogens (tertiary/aromatic N) is 7. The summed E-state index contributed by atoms with van der Waals surface area (Å²) in [6.45, 7) is 10.1. The summed E-state index contributed by atoms with van der Waals surface area (Å²) < 4.78 is 1.77. The number of aryl methyl sites for hydroxylation is 1. The SMILES string of the molecule is C=C(C=O)CN1CCN(c2ccc3ncnc(Nc4ccc(Cc5ccn6ncnc6c5)c(C)c4)c3c2)CC1. The van der Waals surface area contributed by atoms with Gasteiger partial charge >= 0.3 is 0 Å². The Kier molecular flexibility index (Phi) is 6.73. The first-order valence-electron chi connectivity index (χ1n) is 13.1. The van der Waals surface area contributed by atoms with Crippen molar-refractivity contribution in [3.8, 4) is 0 Å². The van der Waals surface area contributed by atoms with Crippen molar-refractivity contribution in [2.75, 3.05) is 42.9 Å². The van der Waals surface area contributed by atoms with Gasteiger partial charge in [0.2, 0.25) is 0 Å². The molecule has 0 bridgehead atoms. The molecule has 2 aromatic carbocycles. The Morgan fingerprint density at radius 3 is 2.69 bits per heavy atom. The topological polar surface area (TPSA) is 91.6 Å². The molecule has 5 aromatic rings. The van der Waals surface area contributed by atoms with Gasteiger partial charge in [-0.05, 0) is 78.1 Å². The van der Waals surface area contributed by atoms with E-state index in [0.717, 1.165) is 72.6 Å². The fraction of sp³-hybridized carbons (Fsp3) is 0.233. The number of anilines is 3. The van der Waals surface area contributed by atoms with Crippen LogP contribution in [0, 0.1) is 6.92 Å². The van der Waals surface area contributed by atoms with Crippen LogP contribution in [0.5, 0.6) is 0 Å². The van der Waals surface area contributed by atoms with E-state index in [4.69, 9.17) is 0 Å². The second-order valence-corrected chi connectivity index (χ2v) is 10.0. The molecule has 4 heterocycles. The van der Waals surface area contributed by atoms with Gasteiger partial charge in [0.25, 0.3) is 0 Å². The third kappa shape index (κ3) is 5.35. The van der Waals surface area contributed by atoms with Gasteiger partial charge in [0.05, 0.1) is 5.52 Å². The second kappa shape index (κ2) is 10.6. The number of fused-ring (bicyclic) bond motifs is 2. The lowest BCUT2D eigenvalue weighted by Crippen LogP contribution is -2.47. The Bertz CT molecular complexity index is 1670. The van der Waals surface area contributed by atoms with Gasteiger partial charge in [-0.1, -0.05) is 12.6 Å². The molecule has 1 aliphatic heterocycles. The summed E-state index contributed by atoms with van der Waals surface area (Å²) in [5.74, 6) is 0.784. The molecule has 0 spiro atoms. The number of hydrogen-bond donors (Lipinski definition) is 1. The van der Waals surface area contributed by atoms with Crippen molar-refractivity contribution in [1.29, 1.82) is 0 Å². The average molecular weight is 519 g/mol. The molecule has 0 aliphatic carbocycles. The van der Waals surface area contributed by atoms with E-state index in [9.17, 15) is 4.79 Å². The monoisotopic (exact) mass is 518 g/mol. The maximum atomic E-state index is 10.9. The predicted molar refractivity (Wildman–Crippen MR) is 154 cm³/mol.